The molecule has 142 valence electrons. The zero-order valence-electron chi connectivity index (χ0n) is 14.3. The van der Waals surface area contributed by atoms with Gasteiger partial charge in [-0.2, -0.15) is 0 Å². The van der Waals surface area contributed by atoms with Crippen LogP contribution < -0.4 is 21.8 Å². The van der Waals surface area contributed by atoms with Crippen LogP contribution >= 0.6 is 0 Å². The van der Waals surface area contributed by atoms with Gasteiger partial charge >= 0.3 is 5.97 Å². The Morgan fingerprint density at radius 2 is 1.96 bits per heavy atom. The molecular formula is C18H18F2N4O3. The van der Waals surface area contributed by atoms with Gasteiger partial charge in [-0.3, -0.25) is 4.79 Å². The van der Waals surface area contributed by atoms with Crippen molar-refractivity contribution in [1.82, 2.24) is 4.57 Å². The minimum Gasteiger partial charge on any atom is -0.477 e. The summed E-state index contributed by atoms with van der Waals surface area (Å²) in [4.78, 5) is 25.6. The first-order valence-corrected chi connectivity index (χ1v) is 8.92. The molecule has 3 unspecified atom stereocenters. The Morgan fingerprint density at radius 3 is 2.48 bits per heavy atom. The SMILES string of the molecule is Nc1c(F)c(N2CC(N)C3CC32)c(F)c2c1c(=O)c(C(=O)O)cn2C1CC1. The molecule has 0 radical (unpaired) electrons. The third kappa shape index (κ3) is 2.14. The predicted molar refractivity (Wildman–Crippen MR) is 95.0 cm³/mol. The number of anilines is 2. The number of carbonyl (C=O) groups is 1. The second kappa shape index (κ2) is 5.19. The summed E-state index contributed by atoms with van der Waals surface area (Å²) < 4.78 is 32.1. The molecule has 1 aromatic heterocycles. The molecule has 0 spiro atoms. The number of fused-ring (bicyclic) bond motifs is 2. The Morgan fingerprint density at radius 1 is 1.26 bits per heavy atom. The molecule has 3 atom stereocenters. The van der Waals surface area contributed by atoms with Gasteiger partial charge in [0.2, 0.25) is 5.43 Å². The van der Waals surface area contributed by atoms with Crippen LogP contribution in [0.4, 0.5) is 20.2 Å². The summed E-state index contributed by atoms with van der Waals surface area (Å²) in [5.74, 6) is -3.15. The number of aromatic carboxylic acids is 1. The van der Waals surface area contributed by atoms with Crippen molar-refractivity contribution in [3.63, 3.8) is 0 Å². The predicted octanol–water partition coefficient (Wildman–Crippen LogP) is 1.43. The van der Waals surface area contributed by atoms with Crippen LogP contribution in [-0.2, 0) is 0 Å². The lowest BCUT2D eigenvalue weighted by atomic mass is 10.1. The highest BCUT2D eigenvalue weighted by Crippen LogP contribution is 2.49. The van der Waals surface area contributed by atoms with Gasteiger partial charge in [-0.25, -0.2) is 13.6 Å². The van der Waals surface area contributed by atoms with Crippen molar-refractivity contribution in [3.05, 3.63) is 33.6 Å². The van der Waals surface area contributed by atoms with E-state index in [1.165, 1.54) is 4.57 Å². The molecule has 1 saturated heterocycles. The first kappa shape index (κ1) is 16.5. The molecule has 2 saturated carbocycles. The lowest BCUT2D eigenvalue weighted by molar-refractivity contribution is 0.0695. The van der Waals surface area contributed by atoms with Gasteiger partial charge < -0.3 is 26.0 Å². The van der Waals surface area contributed by atoms with Crippen molar-refractivity contribution >= 4 is 28.2 Å². The molecule has 7 nitrogen and oxygen atoms in total. The summed E-state index contributed by atoms with van der Waals surface area (Å²) in [6.07, 6.45) is 3.36. The largest absolute Gasteiger partial charge is 0.477 e. The Kier molecular flexibility index (Phi) is 3.17. The van der Waals surface area contributed by atoms with Gasteiger partial charge in [-0.05, 0) is 25.2 Å². The number of carboxylic acids is 1. The van der Waals surface area contributed by atoms with Crippen LogP contribution in [0.1, 0.15) is 35.7 Å². The highest BCUT2D eigenvalue weighted by Gasteiger charge is 2.53. The van der Waals surface area contributed by atoms with Gasteiger partial charge in [0, 0.05) is 30.9 Å². The normalized spacial score (nSPS) is 26.5. The molecule has 3 fully saturated rings. The first-order chi connectivity index (χ1) is 12.8. The number of nitrogens with zero attached hydrogens (tertiary/aromatic N) is 2. The summed E-state index contributed by atoms with van der Waals surface area (Å²) in [6, 6.07) is -0.320. The Balaban J connectivity index is 1.85. The van der Waals surface area contributed by atoms with Gasteiger partial charge in [-0.1, -0.05) is 0 Å². The zero-order valence-corrected chi connectivity index (χ0v) is 14.3. The number of piperidine rings is 1. The Bertz CT molecular complexity index is 1080. The number of benzene rings is 1. The Labute approximate surface area is 152 Å². The van der Waals surface area contributed by atoms with Gasteiger partial charge in [0.05, 0.1) is 16.6 Å². The highest BCUT2D eigenvalue weighted by atomic mass is 19.1. The summed E-state index contributed by atoms with van der Waals surface area (Å²) in [6.45, 7) is 0.314. The maximum absolute atomic E-state index is 15.6. The minimum atomic E-state index is -1.45. The van der Waals surface area contributed by atoms with Crippen molar-refractivity contribution in [3.8, 4) is 0 Å². The van der Waals surface area contributed by atoms with Crippen molar-refractivity contribution in [2.75, 3.05) is 17.2 Å². The molecule has 0 bridgehead atoms. The minimum absolute atomic E-state index is 0.0276. The number of carboxylic acid groups (broad SMARTS) is 1. The maximum atomic E-state index is 15.6. The fourth-order valence-electron chi connectivity index (χ4n) is 4.37. The summed E-state index contributed by atoms with van der Waals surface area (Å²) in [5.41, 5.74) is 9.51. The van der Waals surface area contributed by atoms with Gasteiger partial charge in [-0.15, -0.1) is 0 Å². The number of hydrogen-bond acceptors (Lipinski definition) is 5. The number of aromatic nitrogens is 1. The molecule has 3 aliphatic rings. The van der Waals surface area contributed by atoms with Crippen LogP contribution in [0.2, 0.25) is 0 Å². The lowest BCUT2D eigenvalue weighted by Crippen LogP contribution is -2.33. The number of rotatable bonds is 3. The molecule has 5 rings (SSSR count). The van der Waals surface area contributed by atoms with Crippen molar-refractivity contribution in [1.29, 1.82) is 0 Å². The lowest BCUT2D eigenvalue weighted by Gasteiger charge is -2.25. The third-order valence-corrected chi connectivity index (χ3v) is 5.98. The van der Waals surface area contributed by atoms with Crippen molar-refractivity contribution in [2.24, 2.45) is 11.7 Å². The molecule has 27 heavy (non-hydrogen) atoms. The molecule has 1 aliphatic heterocycles. The van der Waals surface area contributed by atoms with E-state index in [2.05, 4.69) is 0 Å². The summed E-state index contributed by atoms with van der Waals surface area (Å²) >= 11 is 0. The van der Waals surface area contributed by atoms with Gasteiger partial charge in [0.15, 0.2) is 11.6 Å². The summed E-state index contributed by atoms with van der Waals surface area (Å²) in [7, 11) is 0. The quantitative estimate of drug-likeness (QED) is 0.698. The van der Waals surface area contributed by atoms with E-state index in [0.717, 1.165) is 25.5 Å². The smallest absolute Gasteiger partial charge is 0.341 e. The number of nitrogens with two attached hydrogens (primary N) is 2. The molecule has 2 heterocycles. The van der Waals surface area contributed by atoms with E-state index in [9.17, 15) is 14.7 Å². The van der Waals surface area contributed by atoms with Crippen LogP contribution in [0.5, 0.6) is 0 Å². The molecule has 2 aromatic rings. The maximum Gasteiger partial charge on any atom is 0.341 e. The average molecular weight is 376 g/mol. The van der Waals surface area contributed by atoms with E-state index in [0.29, 0.717) is 6.54 Å². The molecule has 0 amide bonds. The van der Waals surface area contributed by atoms with E-state index in [1.54, 1.807) is 4.90 Å². The second-order valence-corrected chi connectivity index (χ2v) is 7.71. The van der Waals surface area contributed by atoms with Crippen LogP contribution in [0, 0.1) is 17.6 Å². The fourth-order valence-corrected chi connectivity index (χ4v) is 4.37. The standard InChI is InChI=1S/C18H18F2N4O3/c19-12-14(22)11-15(13(20)16(12)24-5-9(21)7-3-10(7)24)23(6-1-2-6)4-8(17(11)25)18(26)27/h4,6-7,9-10H,1-3,5,21-22H2,(H,26,27). The molecule has 1 aromatic carbocycles. The molecule has 2 aliphatic carbocycles. The van der Waals surface area contributed by atoms with Crippen molar-refractivity contribution in [2.45, 2.75) is 37.4 Å². The highest BCUT2D eigenvalue weighted by molar-refractivity contribution is 6.00. The second-order valence-electron chi connectivity index (χ2n) is 7.71. The van der Waals surface area contributed by atoms with Crippen LogP contribution in [0.15, 0.2) is 11.0 Å². The van der Waals surface area contributed by atoms with Crippen LogP contribution in [0.25, 0.3) is 10.9 Å². The molecular weight excluding hydrogens is 358 g/mol. The Hall–Kier alpha value is -2.68. The fraction of sp³-hybridized carbons (Fsp3) is 0.444. The number of nitrogen functional groups attached to an aromatic ring is 1. The summed E-state index contributed by atoms with van der Waals surface area (Å²) in [5, 5.41) is 8.91. The van der Waals surface area contributed by atoms with E-state index < -0.39 is 39.7 Å². The average Bonchev–Trinajstić information content (AvgIpc) is 3.51. The van der Waals surface area contributed by atoms with E-state index in [-0.39, 0.29) is 35.2 Å². The van der Waals surface area contributed by atoms with E-state index in [1.807, 2.05) is 0 Å². The number of hydrogen-bond donors (Lipinski definition) is 3. The van der Waals surface area contributed by atoms with E-state index >= 15 is 8.78 Å². The van der Waals surface area contributed by atoms with Gasteiger partial charge in [0.25, 0.3) is 0 Å². The topological polar surface area (TPSA) is 115 Å². The van der Waals surface area contributed by atoms with Crippen LogP contribution in [0.3, 0.4) is 0 Å². The third-order valence-electron chi connectivity index (χ3n) is 5.98. The zero-order chi connectivity index (χ0) is 19.2. The first-order valence-electron chi connectivity index (χ1n) is 8.92. The van der Waals surface area contributed by atoms with E-state index in [4.69, 9.17) is 11.5 Å². The molecule has 9 heteroatoms. The number of pyridine rings is 1. The van der Waals surface area contributed by atoms with Crippen LogP contribution in [-0.4, -0.2) is 34.3 Å². The monoisotopic (exact) mass is 376 g/mol. The van der Waals surface area contributed by atoms with Crippen molar-refractivity contribution < 1.29 is 18.7 Å². The van der Waals surface area contributed by atoms with Gasteiger partial charge in [0.1, 0.15) is 11.3 Å². The number of halogens is 2. The molecule has 5 N–H and O–H groups in total.